The van der Waals surface area contributed by atoms with Gasteiger partial charge >= 0.3 is 0 Å². The minimum atomic E-state index is -0.0341. The largest absolute Gasteiger partial charge is 0.323 e. The maximum Gasteiger partial charge on any atom is 0.240 e. The van der Waals surface area contributed by atoms with Gasteiger partial charge in [-0.05, 0) is 11.1 Å². The van der Waals surface area contributed by atoms with E-state index in [4.69, 9.17) is 5.84 Å². The molecule has 0 bridgehead atoms. The zero-order chi connectivity index (χ0) is 12.3. The van der Waals surface area contributed by atoms with Gasteiger partial charge < -0.3 is 5.84 Å². The molecule has 1 unspecified atom stereocenters. The summed E-state index contributed by atoms with van der Waals surface area (Å²) in [5, 5.41) is 7.56. The highest BCUT2D eigenvalue weighted by molar-refractivity contribution is 6.05. The number of hydrazone groups is 2. The molecule has 0 fully saturated rings. The van der Waals surface area contributed by atoms with Crippen molar-refractivity contribution in [3.05, 3.63) is 35.4 Å². The Labute approximate surface area is 99.4 Å². The standard InChI is InChI=1S/C12H14N4O/c1-8-6-11(17)15-16-12(8)10-4-2-9(3-5-10)7-14-13/h2-5,7-8H,6,13H2,1H3,(H,15,17). The number of carbonyl (C=O) groups excluding carboxylic acids is 1. The molecule has 1 aromatic carbocycles. The molecule has 0 radical (unpaired) electrons. The summed E-state index contributed by atoms with van der Waals surface area (Å²) in [6.45, 7) is 1.99. The smallest absolute Gasteiger partial charge is 0.240 e. The summed E-state index contributed by atoms with van der Waals surface area (Å²) in [6.07, 6.45) is 2.06. The summed E-state index contributed by atoms with van der Waals surface area (Å²) in [6, 6.07) is 7.72. The minimum absolute atomic E-state index is 0.0341. The Morgan fingerprint density at radius 1 is 1.47 bits per heavy atom. The number of nitrogens with one attached hydrogen (secondary N) is 1. The Morgan fingerprint density at radius 2 is 2.18 bits per heavy atom. The molecule has 1 heterocycles. The third-order valence-corrected chi connectivity index (χ3v) is 2.69. The molecule has 88 valence electrons. The molecule has 0 aromatic heterocycles. The van der Waals surface area contributed by atoms with Gasteiger partial charge in [-0.15, -0.1) is 0 Å². The fourth-order valence-electron chi connectivity index (χ4n) is 1.83. The quantitative estimate of drug-likeness (QED) is 0.448. The molecule has 2 rings (SSSR count). The molecule has 5 nitrogen and oxygen atoms in total. The number of hydrogen-bond donors (Lipinski definition) is 2. The predicted molar refractivity (Wildman–Crippen MR) is 66.7 cm³/mol. The van der Waals surface area contributed by atoms with Gasteiger partial charge in [0.05, 0.1) is 11.9 Å². The molecule has 17 heavy (non-hydrogen) atoms. The molecule has 0 spiro atoms. The second-order valence-electron chi connectivity index (χ2n) is 4.04. The van der Waals surface area contributed by atoms with E-state index in [9.17, 15) is 4.79 Å². The number of carbonyl (C=O) groups is 1. The normalized spacial score (nSPS) is 20.2. The average molecular weight is 230 g/mol. The van der Waals surface area contributed by atoms with Crippen LogP contribution in [0.4, 0.5) is 0 Å². The molecule has 1 aliphatic heterocycles. The van der Waals surface area contributed by atoms with Gasteiger partial charge in [0.25, 0.3) is 0 Å². The first-order chi connectivity index (χ1) is 8.20. The fourth-order valence-corrected chi connectivity index (χ4v) is 1.83. The molecular weight excluding hydrogens is 216 g/mol. The molecule has 1 amide bonds. The summed E-state index contributed by atoms with van der Waals surface area (Å²) < 4.78 is 0. The van der Waals surface area contributed by atoms with Gasteiger partial charge in [0.1, 0.15) is 0 Å². The number of nitrogens with zero attached hydrogens (tertiary/aromatic N) is 2. The lowest BCUT2D eigenvalue weighted by Crippen LogP contribution is -2.31. The van der Waals surface area contributed by atoms with E-state index in [1.54, 1.807) is 6.21 Å². The van der Waals surface area contributed by atoms with Crippen molar-refractivity contribution in [1.29, 1.82) is 0 Å². The Balaban J connectivity index is 2.25. The van der Waals surface area contributed by atoms with E-state index < -0.39 is 0 Å². The van der Waals surface area contributed by atoms with E-state index in [1.807, 2.05) is 31.2 Å². The Kier molecular flexibility index (Phi) is 3.18. The molecule has 0 saturated carbocycles. The monoisotopic (exact) mass is 230 g/mol. The molecule has 5 heteroatoms. The minimum Gasteiger partial charge on any atom is -0.323 e. The van der Waals surface area contributed by atoms with Gasteiger partial charge in [-0.1, -0.05) is 31.2 Å². The highest BCUT2D eigenvalue weighted by atomic mass is 16.2. The van der Waals surface area contributed by atoms with Gasteiger partial charge in [0.15, 0.2) is 0 Å². The van der Waals surface area contributed by atoms with Crippen molar-refractivity contribution >= 4 is 17.8 Å². The van der Waals surface area contributed by atoms with Crippen molar-refractivity contribution in [2.45, 2.75) is 13.3 Å². The molecule has 1 atom stereocenters. The summed E-state index contributed by atoms with van der Waals surface area (Å²) in [5.74, 6) is 5.18. The van der Waals surface area contributed by atoms with Crippen LogP contribution in [0.5, 0.6) is 0 Å². The summed E-state index contributed by atoms with van der Waals surface area (Å²) in [7, 11) is 0. The van der Waals surface area contributed by atoms with Gasteiger partial charge in [-0.3, -0.25) is 4.79 Å². The van der Waals surface area contributed by atoms with Crippen LogP contribution in [-0.4, -0.2) is 17.8 Å². The molecule has 1 aliphatic rings. The number of benzene rings is 1. The highest BCUT2D eigenvalue weighted by Gasteiger charge is 2.21. The fraction of sp³-hybridized carbons (Fsp3) is 0.250. The van der Waals surface area contributed by atoms with Crippen molar-refractivity contribution in [2.24, 2.45) is 22.0 Å². The lowest BCUT2D eigenvalue weighted by Gasteiger charge is -2.19. The second-order valence-corrected chi connectivity index (χ2v) is 4.04. The lowest BCUT2D eigenvalue weighted by molar-refractivity contribution is -0.121. The van der Waals surface area contributed by atoms with Crippen molar-refractivity contribution < 1.29 is 4.79 Å². The third kappa shape index (κ3) is 2.50. The van der Waals surface area contributed by atoms with Gasteiger partial charge in [0.2, 0.25) is 5.91 Å². The predicted octanol–water partition coefficient (Wildman–Crippen LogP) is 0.839. The van der Waals surface area contributed by atoms with E-state index in [0.29, 0.717) is 6.42 Å². The number of hydrogen-bond acceptors (Lipinski definition) is 4. The molecular formula is C12H14N4O. The zero-order valence-corrected chi connectivity index (χ0v) is 9.55. The van der Waals surface area contributed by atoms with Crippen molar-refractivity contribution in [2.75, 3.05) is 0 Å². The maximum absolute atomic E-state index is 11.1. The van der Waals surface area contributed by atoms with Gasteiger partial charge in [0, 0.05) is 12.3 Å². The summed E-state index contributed by atoms with van der Waals surface area (Å²) in [5.41, 5.74) is 5.35. The first-order valence-corrected chi connectivity index (χ1v) is 5.41. The van der Waals surface area contributed by atoms with Gasteiger partial charge in [-0.2, -0.15) is 10.2 Å². The van der Waals surface area contributed by atoms with E-state index >= 15 is 0 Å². The van der Waals surface area contributed by atoms with Crippen LogP contribution in [0.25, 0.3) is 0 Å². The van der Waals surface area contributed by atoms with Crippen LogP contribution in [0.1, 0.15) is 24.5 Å². The van der Waals surface area contributed by atoms with Crippen LogP contribution < -0.4 is 11.3 Å². The molecule has 3 N–H and O–H groups in total. The van der Waals surface area contributed by atoms with Crippen LogP contribution in [0.15, 0.2) is 34.5 Å². The summed E-state index contributed by atoms with van der Waals surface area (Å²) >= 11 is 0. The average Bonchev–Trinajstić information content (AvgIpc) is 2.31. The maximum atomic E-state index is 11.1. The van der Waals surface area contributed by atoms with Crippen LogP contribution in [0.3, 0.4) is 0 Å². The molecule has 0 aliphatic carbocycles. The van der Waals surface area contributed by atoms with E-state index in [-0.39, 0.29) is 11.8 Å². The van der Waals surface area contributed by atoms with E-state index in [2.05, 4.69) is 15.6 Å². The topological polar surface area (TPSA) is 79.8 Å². The Morgan fingerprint density at radius 3 is 2.76 bits per heavy atom. The second kappa shape index (κ2) is 4.78. The SMILES string of the molecule is CC1CC(=O)NN=C1c1ccc(C=NN)cc1. The van der Waals surface area contributed by atoms with Crippen molar-refractivity contribution in [1.82, 2.24) is 5.43 Å². The van der Waals surface area contributed by atoms with Crippen LogP contribution >= 0.6 is 0 Å². The highest BCUT2D eigenvalue weighted by Crippen LogP contribution is 2.16. The zero-order valence-electron chi connectivity index (χ0n) is 9.55. The number of amides is 1. The summed E-state index contributed by atoms with van der Waals surface area (Å²) in [4.78, 5) is 11.1. The Hall–Kier alpha value is -2.17. The van der Waals surface area contributed by atoms with E-state index in [1.165, 1.54) is 0 Å². The van der Waals surface area contributed by atoms with Crippen molar-refractivity contribution in [3.8, 4) is 0 Å². The third-order valence-electron chi connectivity index (χ3n) is 2.69. The first kappa shape index (κ1) is 11.3. The van der Waals surface area contributed by atoms with Crippen LogP contribution in [-0.2, 0) is 4.79 Å². The molecule has 1 aromatic rings. The molecule has 0 saturated heterocycles. The van der Waals surface area contributed by atoms with Crippen LogP contribution in [0, 0.1) is 5.92 Å². The number of rotatable bonds is 2. The lowest BCUT2D eigenvalue weighted by atomic mass is 9.94. The van der Waals surface area contributed by atoms with Gasteiger partial charge in [-0.25, -0.2) is 5.43 Å². The number of nitrogens with two attached hydrogens (primary N) is 1. The first-order valence-electron chi connectivity index (χ1n) is 5.41. The van der Waals surface area contributed by atoms with E-state index in [0.717, 1.165) is 16.8 Å². The Bertz CT molecular complexity index is 476. The van der Waals surface area contributed by atoms with Crippen molar-refractivity contribution in [3.63, 3.8) is 0 Å². The van der Waals surface area contributed by atoms with Crippen LogP contribution in [0.2, 0.25) is 0 Å².